The Labute approximate surface area is 125 Å². The summed E-state index contributed by atoms with van der Waals surface area (Å²) in [6, 6.07) is 5.38. The molecule has 0 aromatic heterocycles. The maximum atomic E-state index is 12.3. The number of anilines is 1. The summed E-state index contributed by atoms with van der Waals surface area (Å²) in [4.78, 5) is 25.8. The fourth-order valence-electron chi connectivity index (χ4n) is 2.42. The van der Waals surface area contributed by atoms with Gasteiger partial charge >= 0.3 is 0 Å². The Balaban J connectivity index is 2.03. The van der Waals surface area contributed by atoms with Crippen LogP contribution in [0, 0.1) is 6.92 Å². The van der Waals surface area contributed by atoms with Crippen molar-refractivity contribution in [3.05, 3.63) is 29.3 Å². The number of nitrogens with zero attached hydrogens (tertiary/aromatic N) is 1. The third-order valence-corrected chi connectivity index (χ3v) is 3.58. The van der Waals surface area contributed by atoms with Crippen molar-refractivity contribution in [1.29, 1.82) is 0 Å². The number of carbonyl (C=O) groups excluding carboxylic acids is 2. The van der Waals surface area contributed by atoms with Gasteiger partial charge in [0.25, 0.3) is 5.91 Å². The maximum Gasteiger partial charge on any atom is 0.253 e. The molecular formula is C16H22N2O3. The Hall–Kier alpha value is -1.88. The number of hydrogen-bond donors (Lipinski definition) is 1. The summed E-state index contributed by atoms with van der Waals surface area (Å²) in [5, 5.41) is 2.79. The minimum atomic E-state index is -0.182. The maximum absolute atomic E-state index is 12.3. The average molecular weight is 290 g/mol. The monoisotopic (exact) mass is 290 g/mol. The lowest BCUT2D eigenvalue weighted by molar-refractivity contribution is -0.120. The zero-order valence-electron chi connectivity index (χ0n) is 12.6. The molecule has 21 heavy (non-hydrogen) atoms. The number of nitrogens with one attached hydrogen (secondary N) is 1. The largest absolute Gasteiger partial charge is 0.372 e. The van der Waals surface area contributed by atoms with E-state index in [4.69, 9.17) is 4.74 Å². The standard InChI is InChI=1S/C16H22N2O3/c1-3-21-11-15(19)17-14-7-6-13(10-12(14)2)16(20)18-8-4-5-9-18/h6-7,10H,3-5,8-9,11H2,1-2H3,(H,17,19). The zero-order chi connectivity index (χ0) is 15.2. The van der Waals surface area contributed by atoms with Gasteiger partial charge in [0, 0.05) is 30.9 Å². The van der Waals surface area contributed by atoms with E-state index in [0.29, 0.717) is 12.2 Å². The fourth-order valence-corrected chi connectivity index (χ4v) is 2.42. The van der Waals surface area contributed by atoms with Gasteiger partial charge in [-0.05, 0) is 50.5 Å². The second-order valence-corrected chi connectivity index (χ2v) is 5.21. The minimum absolute atomic E-state index is 0.0460. The molecule has 0 saturated carbocycles. The summed E-state index contributed by atoms with van der Waals surface area (Å²) in [6.45, 7) is 5.96. The number of carbonyl (C=O) groups is 2. The summed E-state index contributed by atoms with van der Waals surface area (Å²) in [5.41, 5.74) is 2.28. The molecule has 5 heteroatoms. The van der Waals surface area contributed by atoms with Gasteiger partial charge < -0.3 is 15.0 Å². The molecule has 0 unspecified atom stereocenters. The highest BCUT2D eigenvalue weighted by Crippen LogP contribution is 2.19. The molecule has 1 aliphatic heterocycles. The normalized spacial score (nSPS) is 14.3. The molecule has 0 radical (unpaired) electrons. The topological polar surface area (TPSA) is 58.6 Å². The van der Waals surface area contributed by atoms with E-state index in [-0.39, 0.29) is 18.4 Å². The molecule has 1 heterocycles. The molecule has 0 bridgehead atoms. The van der Waals surface area contributed by atoms with Crippen LogP contribution in [0.4, 0.5) is 5.69 Å². The Morgan fingerprint density at radius 1 is 1.29 bits per heavy atom. The van der Waals surface area contributed by atoms with Gasteiger partial charge in [0.2, 0.25) is 5.91 Å². The Morgan fingerprint density at radius 2 is 2.00 bits per heavy atom. The number of benzene rings is 1. The van der Waals surface area contributed by atoms with Crippen LogP contribution in [0.25, 0.3) is 0 Å². The quantitative estimate of drug-likeness (QED) is 0.904. The Morgan fingerprint density at radius 3 is 2.62 bits per heavy atom. The van der Waals surface area contributed by atoms with Crippen molar-refractivity contribution in [2.75, 3.05) is 31.6 Å². The second kappa shape index (κ2) is 7.22. The molecule has 1 aromatic rings. The summed E-state index contributed by atoms with van der Waals surface area (Å²) >= 11 is 0. The van der Waals surface area contributed by atoms with Gasteiger partial charge in [-0.15, -0.1) is 0 Å². The molecule has 5 nitrogen and oxygen atoms in total. The number of likely N-dealkylation sites (tertiary alicyclic amines) is 1. The lowest BCUT2D eigenvalue weighted by atomic mass is 10.1. The Kier molecular flexibility index (Phi) is 5.33. The van der Waals surface area contributed by atoms with E-state index in [9.17, 15) is 9.59 Å². The third-order valence-electron chi connectivity index (χ3n) is 3.58. The minimum Gasteiger partial charge on any atom is -0.372 e. The highest BCUT2D eigenvalue weighted by atomic mass is 16.5. The highest BCUT2D eigenvalue weighted by molar-refractivity contribution is 5.97. The van der Waals surface area contributed by atoms with Crippen LogP contribution in [0.5, 0.6) is 0 Å². The molecule has 2 rings (SSSR count). The van der Waals surface area contributed by atoms with E-state index in [1.807, 2.05) is 24.8 Å². The highest BCUT2D eigenvalue weighted by Gasteiger charge is 2.19. The second-order valence-electron chi connectivity index (χ2n) is 5.21. The van der Waals surface area contributed by atoms with Gasteiger partial charge in [0.05, 0.1) is 0 Å². The Bertz CT molecular complexity index is 522. The average Bonchev–Trinajstić information content (AvgIpc) is 3.00. The molecular weight excluding hydrogens is 268 g/mol. The molecule has 0 atom stereocenters. The van der Waals surface area contributed by atoms with Crippen LogP contribution in [0.1, 0.15) is 35.7 Å². The van der Waals surface area contributed by atoms with Crippen molar-refractivity contribution in [1.82, 2.24) is 4.90 Å². The summed E-state index contributed by atoms with van der Waals surface area (Å²) in [5.74, 6) is -0.110. The number of hydrogen-bond acceptors (Lipinski definition) is 3. The lowest BCUT2D eigenvalue weighted by Crippen LogP contribution is -2.27. The molecule has 1 fully saturated rings. The van der Waals surface area contributed by atoms with Crippen LogP contribution in [0.15, 0.2) is 18.2 Å². The van der Waals surface area contributed by atoms with Crippen LogP contribution in [0.3, 0.4) is 0 Å². The van der Waals surface area contributed by atoms with E-state index in [0.717, 1.165) is 37.2 Å². The van der Waals surface area contributed by atoms with Gasteiger partial charge in [0.15, 0.2) is 0 Å². The first-order chi connectivity index (χ1) is 10.1. The van der Waals surface area contributed by atoms with Gasteiger partial charge in [-0.3, -0.25) is 9.59 Å². The van der Waals surface area contributed by atoms with Crippen molar-refractivity contribution >= 4 is 17.5 Å². The van der Waals surface area contributed by atoms with Crippen molar-refractivity contribution in [2.24, 2.45) is 0 Å². The summed E-state index contributed by atoms with van der Waals surface area (Å²) in [6.07, 6.45) is 2.16. The number of rotatable bonds is 5. The van der Waals surface area contributed by atoms with E-state index in [1.165, 1.54) is 0 Å². The third kappa shape index (κ3) is 4.04. The van der Waals surface area contributed by atoms with Crippen LogP contribution < -0.4 is 5.32 Å². The SMILES string of the molecule is CCOCC(=O)Nc1ccc(C(=O)N2CCCC2)cc1C. The van der Waals surface area contributed by atoms with Crippen LogP contribution in [-0.2, 0) is 9.53 Å². The first-order valence-corrected chi connectivity index (χ1v) is 7.39. The molecule has 1 aliphatic rings. The predicted molar refractivity (Wildman–Crippen MR) is 81.4 cm³/mol. The van der Waals surface area contributed by atoms with Gasteiger partial charge in [-0.25, -0.2) is 0 Å². The molecule has 2 amide bonds. The predicted octanol–water partition coefficient (Wildman–Crippen LogP) is 2.21. The summed E-state index contributed by atoms with van der Waals surface area (Å²) in [7, 11) is 0. The fraction of sp³-hybridized carbons (Fsp3) is 0.500. The van der Waals surface area contributed by atoms with Crippen LogP contribution >= 0.6 is 0 Å². The molecule has 0 aliphatic carbocycles. The number of aryl methyl sites for hydroxylation is 1. The zero-order valence-corrected chi connectivity index (χ0v) is 12.6. The van der Waals surface area contributed by atoms with E-state index in [2.05, 4.69) is 5.32 Å². The molecule has 114 valence electrons. The van der Waals surface area contributed by atoms with Gasteiger partial charge in [-0.1, -0.05) is 0 Å². The van der Waals surface area contributed by atoms with Crippen molar-refractivity contribution in [3.8, 4) is 0 Å². The van der Waals surface area contributed by atoms with Crippen molar-refractivity contribution in [2.45, 2.75) is 26.7 Å². The lowest BCUT2D eigenvalue weighted by Gasteiger charge is -2.16. The first-order valence-electron chi connectivity index (χ1n) is 7.39. The molecule has 0 spiro atoms. The number of ether oxygens (including phenoxy) is 1. The smallest absolute Gasteiger partial charge is 0.253 e. The van der Waals surface area contributed by atoms with Crippen molar-refractivity contribution < 1.29 is 14.3 Å². The van der Waals surface area contributed by atoms with E-state index in [1.54, 1.807) is 12.1 Å². The molecule has 1 N–H and O–H groups in total. The van der Waals surface area contributed by atoms with Gasteiger partial charge in [0.1, 0.15) is 6.61 Å². The van der Waals surface area contributed by atoms with E-state index >= 15 is 0 Å². The molecule has 1 saturated heterocycles. The summed E-state index contributed by atoms with van der Waals surface area (Å²) < 4.78 is 5.06. The van der Waals surface area contributed by atoms with Gasteiger partial charge in [-0.2, -0.15) is 0 Å². The molecule has 1 aromatic carbocycles. The van der Waals surface area contributed by atoms with Crippen LogP contribution in [-0.4, -0.2) is 43.0 Å². The van der Waals surface area contributed by atoms with Crippen molar-refractivity contribution in [3.63, 3.8) is 0 Å². The van der Waals surface area contributed by atoms with E-state index < -0.39 is 0 Å². The number of amides is 2. The first kappa shape index (κ1) is 15.5. The van der Waals surface area contributed by atoms with Crippen LogP contribution in [0.2, 0.25) is 0 Å².